The fraction of sp³-hybridized carbons (Fsp3) is 0.400. The van der Waals surface area contributed by atoms with E-state index >= 15 is 0 Å². The van der Waals surface area contributed by atoms with E-state index in [2.05, 4.69) is 17.6 Å². The second kappa shape index (κ2) is 3.56. The molecular weight excluding hydrogens is 184 g/mol. The van der Waals surface area contributed by atoms with Gasteiger partial charge in [-0.2, -0.15) is 0 Å². The predicted molar refractivity (Wildman–Crippen MR) is 56.5 cm³/mol. The molecule has 70 valence electrons. The van der Waals surface area contributed by atoms with Crippen molar-refractivity contribution in [1.29, 1.82) is 0 Å². The summed E-state index contributed by atoms with van der Waals surface area (Å²) in [6.45, 7) is 4.18. The van der Waals surface area contributed by atoms with Crippen LogP contribution in [0.1, 0.15) is 5.56 Å². The van der Waals surface area contributed by atoms with E-state index in [1.54, 1.807) is 0 Å². The molecule has 0 aliphatic carbocycles. The Morgan fingerprint density at radius 3 is 2.77 bits per heavy atom. The van der Waals surface area contributed by atoms with Crippen molar-refractivity contribution in [3.05, 3.63) is 28.8 Å². The van der Waals surface area contributed by atoms with Crippen LogP contribution in [0.3, 0.4) is 0 Å². The summed E-state index contributed by atoms with van der Waals surface area (Å²) in [6, 6.07) is 6.52. The summed E-state index contributed by atoms with van der Waals surface area (Å²) in [7, 11) is 0. The molecule has 1 heterocycles. The molecule has 1 aromatic carbocycles. The summed E-state index contributed by atoms with van der Waals surface area (Å²) < 4.78 is 0. The van der Waals surface area contributed by atoms with Crippen molar-refractivity contribution in [3.8, 4) is 0 Å². The molecule has 0 spiro atoms. The highest BCUT2D eigenvalue weighted by atomic mass is 35.5. The minimum absolute atomic E-state index is 0.583. The van der Waals surface area contributed by atoms with E-state index in [4.69, 9.17) is 11.6 Å². The summed E-state index contributed by atoms with van der Waals surface area (Å²) in [4.78, 5) is 0. The summed E-state index contributed by atoms with van der Waals surface area (Å²) in [5.41, 5.74) is 2.40. The zero-order valence-corrected chi connectivity index (χ0v) is 8.36. The van der Waals surface area contributed by atoms with Crippen LogP contribution < -0.4 is 10.6 Å². The minimum Gasteiger partial charge on any atom is -0.380 e. The fourth-order valence-electron chi connectivity index (χ4n) is 1.40. The van der Waals surface area contributed by atoms with Crippen molar-refractivity contribution < 1.29 is 0 Å². The van der Waals surface area contributed by atoms with Gasteiger partial charge in [-0.3, -0.25) is 0 Å². The summed E-state index contributed by atoms with van der Waals surface area (Å²) >= 11 is 5.86. The standard InChI is InChI=1S/C10H13ClN2/c1-7-4-8(11)2-3-10(7)13-9-5-12-6-9/h2-4,9,12-13H,5-6H2,1H3. The Morgan fingerprint density at radius 1 is 1.46 bits per heavy atom. The first-order valence-corrected chi connectivity index (χ1v) is 4.87. The maximum absolute atomic E-state index is 5.86. The first kappa shape index (κ1) is 8.85. The molecule has 1 aromatic rings. The van der Waals surface area contributed by atoms with E-state index in [-0.39, 0.29) is 0 Å². The van der Waals surface area contributed by atoms with Gasteiger partial charge in [0.25, 0.3) is 0 Å². The molecule has 0 atom stereocenters. The average molecular weight is 197 g/mol. The number of anilines is 1. The van der Waals surface area contributed by atoms with E-state index < -0.39 is 0 Å². The Balaban J connectivity index is 2.10. The maximum Gasteiger partial charge on any atom is 0.0510 e. The van der Waals surface area contributed by atoms with Gasteiger partial charge in [0.1, 0.15) is 0 Å². The average Bonchev–Trinajstić information content (AvgIpc) is 1.99. The van der Waals surface area contributed by atoms with Gasteiger partial charge in [-0.05, 0) is 30.7 Å². The number of rotatable bonds is 2. The topological polar surface area (TPSA) is 24.1 Å². The van der Waals surface area contributed by atoms with E-state index in [0.29, 0.717) is 6.04 Å². The lowest BCUT2D eigenvalue weighted by molar-refractivity contribution is 0.472. The fourth-order valence-corrected chi connectivity index (χ4v) is 1.63. The monoisotopic (exact) mass is 196 g/mol. The Hall–Kier alpha value is -0.730. The normalized spacial score (nSPS) is 16.8. The highest BCUT2D eigenvalue weighted by Gasteiger charge is 2.16. The van der Waals surface area contributed by atoms with E-state index in [0.717, 1.165) is 18.1 Å². The number of nitrogens with one attached hydrogen (secondary N) is 2. The van der Waals surface area contributed by atoms with Crippen LogP contribution in [0.2, 0.25) is 5.02 Å². The van der Waals surface area contributed by atoms with Crippen LogP contribution in [0.4, 0.5) is 5.69 Å². The Bertz CT molecular complexity index is 308. The molecule has 2 N–H and O–H groups in total. The lowest BCUT2D eigenvalue weighted by Crippen LogP contribution is -2.51. The molecule has 0 bridgehead atoms. The van der Waals surface area contributed by atoms with Gasteiger partial charge in [0, 0.05) is 23.8 Å². The molecule has 0 aromatic heterocycles. The Labute approximate surface area is 83.3 Å². The van der Waals surface area contributed by atoms with Crippen LogP contribution >= 0.6 is 11.6 Å². The molecular formula is C10H13ClN2. The third-order valence-electron chi connectivity index (χ3n) is 2.33. The third-order valence-corrected chi connectivity index (χ3v) is 2.56. The number of hydrogen-bond donors (Lipinski definition) is 2. The SMILES string of the molecule is Cc1cc(Cl)ccc1NC1CNC1. The van der Waals surface area contributed by atoms with Crippen LogP contribution in [0, 0.1) is 6.92 Å². The Kier molecular flexibility index (Phi) is 2.42. The second-order valence-corrected chi connectivity index (χ2v) is 3.90. The minimum atomic E-state index is 0.583. The van der Waals surface area contributed by atoms with Crippen LogP contribution in [0.5, 0.6) is 0 Å². The molecule has 2 nitrogen and oxygen atoms in total. The summed E-state index contributed by atoms with van der Waals surface area (Å²) in [5.74, 6) is 0. The van der Waals surface area contributed by atoms with Gasteiger partial charge < -0.3 is 10.6 Å². The molecule has 13 heavy (non-hydrogen) atoms. The first-order valence-electron chi connectivity index (χ1n) is 4.49. The van der Waals surface area contributed by atoms with Crippen LogP contribution in [-0.2, 0) is 0 Å². The van der Waals surface area contributed by atoms with Crippen molar-refractivity contribution in [3.63, 3.8) is 0 Å². The second-order valence-electron chi connectivity index (χ2n) is 3.46. The molecule has 1 aliphatic rings. The van der Waals surface area contributed by atoms with Crippen LogP contribution in [0.25, 0.3) is 0 Å². The van der Waals surface area contributed by atoms with Crippen LogP contribution in [0.15, 0.2) is 18.2 Å². The maximum atomic E-state index is 5.86. The van der Waals surface area contributed by atoms with Crippen molar-refractivity contribution in [2.45, 2.75) is 13.0 Å². The van der Waals surface area contributed by atoms with Gasteiger partial charge in [0.15, 0.2) is 0 Å². The van der Waals surface area contributed by atoms with E-state index in [1.165, 1.54) is 11.3 Å². The number of halogens is 1. The quantitative estimate of drug-likeness (QED) is 0.757. The molecule has 0 saturated carbocycles. The third kappa shape index (κ3) is 1.95. The number of hydrogen-bond acceptors (Lipinski definition) is 2. The smallest absolute Gasteiger partial charge is 0.0510 e. The Morgan fingerprint density at radius 2 is 2.23 bits per heavy atom. The van der Waals surface area contributed by atoms with Crippen LogP contribution in [-0.4, -0.2) is 19.1 Å². The zero-order chi connectivity index (χ0) is 9.26. The molecule has 0 radical (unpaired) electrons. The van der Waals surface area contributed by atoms with Crippen molar-refractivity contribution in [2.24, 2.45) is 0 Å². The molecule has 0 unspecified atom stereocenters. The highest BCUT2D eigenvalue weighted by Crippen LogP contribution is 2.20. The van der Waals surface area contributed by atoms with Crippen molar-refractivity contribution in [2.75, 3.05) is 18.4 Å². The zero-order valence-electron chi connectivity index (χ0n) is 7.60. The molecule has 3 heteroatoms. The largest absolute Gasteiger partial charge is 0.380 e. The molecule has 1 fully saturated rings. The lowest BCUT2D eigenvalue weighted by Gasteiger charge is -2.29. The van der Waals surface area contributed by atoms with E-state index in [1.807, 2.05) is 18.2 Å². The predicted octanol–water partition coefficient (Wildman–Crippen LogP) is 2.03. The van der Waals surface area contributed by atoms with Gasteiger partial charge >= 0.3 is 0 Å². The number of benzene rings is 1. The lowest BCUT2D eigenvalue weighted by atomic mass is 10.1. The van der Waals surface area contributed by atoms with Gasteiger partial charge in [0.05, 0.1) is 6.04 Å². The molecule has 2 rings (SSSR count). The molecule has 1 aliphatic heterocycles. The van der Waals surface area contributed by atoms with Crippen molar-refractivity contribution >= 4 is 17.3 Å². The summed E-state index contributed by atoms with van der Waals surface area (Å²) in [6.07, 6.45) is 0. The molecule has 1 saturated heterocycles. The summed E-state index contributed by atoms with van der Waals surface area (Å²) in [5, 5.41) is 7.48. The molecule has 0 amide bonds. The van der Waals surface area contributed by atoms with Gasteiger partial charge in [-0.1, -0.05) is 11.6 Å². The van der Waals surface area contributed by atoms with Gasteiger partial charge in [0.2, 0.25) is 0 Å². The van der Waals surface area contributed by atoms with Gasteiger partial charge in [-0.25, -0.2) is 0 Å². The highest BCUT2D eigenvalue weighted by molar-refractivity contribution is 6.30. The van der Waals surface area contributed by atoms with Gasteiger partial charge in [-0.15, -0.1) is 0 Å². The van der Waals surface area contributed by atoms with Crippen molar-refractivity contribution in [1.82, 2.24) is 5.32 Å². The first-order chi connectivity index (χ1) is 6.25. The van der Waals surface area contributed by atoms with E-state index in [9.17, 15) is 0 Å². The number of aryl methyl sites for hydroxylation is 1.